The fraction of sp³-hybridized carbons (Fsp3) is 1.00. The monoisotopic (exact) mass is 237 g/mol. The second kappa shape index (κ2) is 6.78. The van der Waals surface area contributed by atoms with Crippen LogP contribution in [-0.4, -0.2) is 6.04 Å². The summed E-state index contributed by atoms with van der Waals surface area (Å²) < 4.78 is 0. The molecule has 0 aliphatic heterocycles. The number of nitrogens with two attached hydrogens (primary N) is 1. The van der Waals surface area contributed by atoms with Crippen LogP contribution in [0.2, 0.25) is 0 Å². The highest BCUT2D eigenvalue weighted by Crippen LogP contribution is 2.33. The molecule has 0 amide bonds. The lowest BCUT2D eigenvalue weighted by atomic mass is 9.78. The molecule has 1 nitrogen and oxygen atoms in total. The Balaban J connectivity index is 1.56. The quantitative estimate of drug-likeness (QED) is 0.765. The molecule has 0 saturated heterocycles. The van der Waals surface area contributed by atoms with Crippen molar-refractivity contribution >= 4 is 0 Å². The van der Waals surface area contributed by atoms with E-state index in [2.05, 4.69) is 6.92 Å². The maximum absolute atomic E-state index is 5.96. The van der Waals surface area contributed by atoms with Crippen LogP contribution in [0.25, 0.3) is 0 Å². The predicted molar refractivity (Wildman–Crippen MR) is 74.9 cm³/mol. The first-order valence-corrected chi connectivity index (χ1v) is 7.99. The molecule has 2 aliphatic carbocycles. The Morgan fingerprint density at radius 2 is 1.59 bits per heavy atom. The molecule has 2 fully saturated rings. The lowest BCUT2D eigenvalue weighted by Crippen LogP contribution is -2.26. The van der Waals surface area contributed by atoms with E-state index in [1.165, 1.54) is 70.6 Å². The Morgan fingerprint density at radius 3 is 2.29 bits per heavy atom. The van der Waals surface area contributed by atoms with E-state index in [1.54, 1.807) is 0 Å². The zero-order valence-electron chi connectivity index (χ0n) is 11.7. The Hall–Kier alpha value is -0.0400. The van der Waals surface area contributed by atoms with E-state index < -0.39 is 0 Å². The van der Waals surface area contributed by atoms with E-state index in [0.717, 1.165) is 17.8 Å². The van der Waals surface area contributed by atoms with Crippen LogP contribution in [0.4, 0.5) is 0 Å². The van der Waals surface area contributed by atoms with Gasteiger partial charge in [-0.25, -0.2) is 0 Å². The van der Waals surface area contributed by atoms with Crippen LogP contribution in [0.1, 0.15) is 77.6 Å². The molecule has 100 valence electrons. The van der Waals surface area contributed by atoms with Crippen molar-refractivity contribution in [1.29, 1.82) is 0 Å². The van der Waals surface area contributed by atoms with Gasteiger partial charge in [-0.15, -0.1) is 0 Å². The molecule has 2 rings (SSSR count). The van der Waals surface area contributed by atoms with Crippen molar-refractivity contribution < 1.29 is 0 Å². The van der Waals surface area contributed by atoms with Gasteiger partial charge in [0.2, 0.25) is 0 Å². The predicted octanol–water partition coefficient (Wildman–Crippen LogP) is 4.50. The van der Waals surface area contributed by atoms with Crippen LogP contribution in [0, 0.1) is 17.8 Å². The summed E-state index contributed by atoms with van der Waals surface area (Å²) in [5.41, 5.74) is 5.96. The van der Waals surface area contributed by atoms with E-state index in [4.69, 9.17) is 5.73 Å². The summed E-state index contributed by atoms with van der Waals surface area (Å²) in [6.45, 7) is 2.44. The largest absolute Gasteiger partial charge is 0.328 e. The van der Waals surface area contributed by atoms with Crippen molar-refractivity contribution in [3.63, 3.8) is 0 Å². The van der Waals surface area contributed by atoms with Gasteiger partial charge in [0.15, 0.2) is 0 Å². The number of hydrogen-bond donors (Lipinski definition) is 1. The summed E-state index contributed by atoms with van der Waals surface area (Å²) in [4.78, 5) is 0. The molecule has 2 unspecified atom stereocenters. The van der Waals surface area contributed by atoms with Gasteiger partial charge >= 0.3 is 0 Å². The minimum Gasteiger partial charge on any atom is -0.328 e. The smallest absolute Gasteiger partial charge is 0.00390 e. The zero-order chi connectivity index (χ0) is 12.1. The van der Waals surface area contributed by atoms with E-state index in [-0.39, 0.29) is 0 Å². The summed E-state index contributed by atoms with van der Waals surface area (Å²) in [6.07, 6.45) is 15.8. The molecule has 0 aromatic carbocycles. The first-order valence-electron chi connectivity index (χ1n) is 7.99. The van der Waals surface area contributed by atoms with Crippen LogP contribution in [-0.2, 0) is 0 Å². The lowest BCUT2D eigenvalue weighted by Gasteiger charge is -2.29. The maximum atomic E-state index is 5.96. The fourth-order valence-corrected chi connectivity index (χ4v) is 3.99. The van der Waals surface area contributed by atoms with Crippen molar-refractivity contribution in [2.45, 2.75) is 83.6 Å². The van der Waals surface area contributed by atoms with Crippen molar-refractivity contribution in [1.82, 2.24) is 0 Å². The topological polar surface area (TPSA) is 26.0 Å². The van der Waals surface area contributed by atoms with Crippen molar-refractivity contribution in [2.75, 3.05) is 0 Å². The normalized spacial score (nSPS) is 39.2. The number of rotatable bonds is 4. The lowest BCUT2D eigenvalue weighted by molar-refractivity contribution is 0.247. The van der Waals surface area contributed by atoms with E-state index in [0.29, 0.717) is 6.04 Å². The molecule has 17 heavy (non-hydrogen) atoms. The van der Waals surface area contributed by atoms with Gasteiger partial charge in [-0.3, -0.25) is 0 Å². The third-order valence-corrected chi connectivity index (χ3v) is 5.16. The number of hydrogen-bond acceptors (Lipinski definition) is 1. The van der Waals surface area contributed by atoms with Crippen molar-refractivity contribution in [3.8, 4) is 0 Å². The second-order valence-electron chi connectivity index (χ2n) is 6.85. The Bertz CT molecular complexity index is 206. The highest BCUT2D eigenvalue weighted by Gasteiger charge is 2.21. The molecule has 0 aromatic rings. The first-order chi connectivity index (χ1) is 8.24. The molecule has 0 radical (unpaired) electrons. The molecule has 0 bridgehead atoms. The Kier molecular flexibility index (Phi) is 5.34. The van der Waals surface area contributed by atoms with Gasteiger partial charge in [-0.1, -0.05) is 45.4 Å². The minimum atomic E-state index is 0.519. The minimum absolute atomic E-state index is 0.519. The van der Waals surface area contributed by atoms with E-state index >= 15 is 0 Å². The summed E-state index contributed by atoms with van der Waals surface area (Å²) >= 11 is 0. The third-order valence-electron chi connectivity index (χ3n) is 5.16. The fourth-order valence-electron chi connectivity index (χ4n) is 3.99. The van der Waals surface area contributed by atoms with Gasteiger partial charge < -0.3 is 5.73 Å². The molecule has 0 spiro atoms. The average Bonchev–Trinajstić information content (AvgIpc) is 2.32. The van der Waals surface area contributed by atoms with Gasteiger partial charge in [0.25, 0.3) is 0 Å². The van der Waals surface area contributed by atoms with Gasteiger partial charge in [-0.2, -0.15) is 0 Å². The maximum Gasteiger partial charge on any atom is 0.00390 e. The van der Waals surface area contributed by atoms with Crippen molar-refractivity contribution in [3.05, 3.63) is 0 Å². The Morgan fingerprint density at radius 1 is 0.882 bits per heavy atom. The highest BCUT2D eigenvalue weighted by atomic mass is 14.6. The van der Waals surface area contributed by atoms with Crippen LogP contribution >= 0.6 is 0 Å². The zero-order valence-corrected chi connectivity index (χ0v) is 11.7. The van der Waals surface area contributed by atoms with Crippen LogP contribution in [0.3, 0.4) is 0 Å². The summed E-state index contributed by atoms with van der Waals surface area (Å²) in [5.74, 6) is 3.07. The van der Waals surface area contributed by atoms with Crippen molar-refractivity contribution in [2.24, 2.45) is 23.5 Å². The van der Waals surface area contributed by atoms with Crippen LogP contribution in [0.5, 0.6) is 0 Å². The first kappa shape index (κ1) is 13.4. The third kappa shape index (κ3) is 4.62. The van der Waals surface area contributed by atoms with Crippen LogP contribution in [0.15, 0.2) is 0 Å². The van der Waals surface area contributed by atoms with Gasteiger partial charge in [-0.05, 0) is 49.9 Å². The molecule has 2 saturated carbocycles. The van der Waals surface area contributed by atoms with E-state index in [1.807, 2.05) is 0 Å². The molecule has 0 aromatic heterocycles. The summed E-state index contributed by atoms with van der Waals surface area (Å²) in [5, 5.41) is 0. The molecule has 1 heteroatoms. The standard InChI is InChI=1S/C16H31N/c1-13-4-2-6-15(12-13)7-3-5-14-8-10-16(17)11-9-14/h13-16H,2-12,17H2,1H3. The highest BCUT2D eigenvalue weighted by molar-refractivity contribution is 4.75. The molecule has 0 heterocycles. The second-order valence-corrected chi connectivity index (χ2v) is 6.85. The molecular formula is C16H31N. The Labute approximate surface area is 108 Å². The van der Waals surface area contributed by atoms with Crippen LogP contribution < -0.4 is 5.73 Å². The SMILES string of the molecule is CC1CCCC(CCCC2CCC(N)CC2)C1. The summed E-state index contributed by atoms with van der Waals surface area (Å²) in [7, 11) is 0. The summed E-state index contributed by atoms with van der Waals surface area (Å²) in [6, 6.07) is 0.519. The molecular weight excluding hydrogens is 206 g/mol. The average molecular weight is 237 g/mol. The molecule has 2 N–H and O–H groups in total. The van der Waals surface area contributed by atoms with E-state index in [9.17, 15) is 0 Å². The van der Waals surface area contributed by atoms with Gasteiger partial charge in [0.05, 0.1) is 0 Å². The molecule has 2 atom stereocenters. The molecule has 2 aliphatic rings. The van der Waals surface area contributed by atoms with Gasteiger partial charge in [0.1, 0.15) is 0 Å². The van der Waals surface area contributed by atoms with Gasteiger partial charge in [0, 0.05) is 6.04 Å².